The third-order valence-electron chi connectivity index (χ3n) is 14.3. The van der Waals surface area contributed by atoms with Crippen LogP contribution in [0.3, 0.4) is 0 Å². The first kappa shape index (κ1) is 31.3. The molecule has 6 atom stereocenters. The maximum absolute atomic E-state index is 2.92. The molecule has 3 nitrogen and oxygen atoms in total. The van der Waals surface area contributed by atoms with Gasteiger partial charge in [-0.25, -0.2) is 0 Å². The number of nitrogens with zero attached hydrogens (tertiary/aromatic N) is 3. The Bertz CT molecular complexity index is 1810. The summed E-state index contributed by atoms with van der Waals surface area (Å²) in [5.74, 6) is 3.18. The highest BCUT2D eigenvalue weighted by Gasteiger charge is 2.50. The van der Waals surface area contributed by atoms with Gasteiger partial charge in [0.15, 0.2) is 0 Å². The molecule has 2 aromatic rings. The summed E-state index contributed by atoms with van der Waals surface area (Å²) in [6.07, 6.45) is 44.0. The van der Waals surface area contributed by atoms with Crippen LogP contribution < -0.4 is 0 Å². The van der Waals surface area contributed by atoms with Crippen molar-refractivity contribution >= 4 is 45.4 Å². The standard InChI is InChI=1S/C45H54IN3/c46-49-44-22-12-9-17-34(44)37(30-13-3-1-4-14-30)29-45(49)48-41-21-11-8-19-36(41)39-28-32(24-26-43(39)48)31-23-25-42-38(27-31)35-18-7-10-20-40(35)47(42)33-15-5-2-6-16-33/h5,9,11,15-17,21,23-24,26,28,30,35,37-38,40,42,45H,1-4,6-8,10,12-14,18-20,22,25,27,29H2/t35?,37?,38?,40?,42?,45-/m1/s1. The van der Waals surface area contributed by atoms with E-state index in [9.17, 15) is 0 Å². The molecular formula is C45H54IN3. The van der Waals surface area contributed by atoms with Crippen molar-refractivity contribution < 1.29 is 0 Å². The number of benzene rings is 1. The van der Waals surface area contributed by atoms with Crippen molar-refractivity contribution in [3.05, 3.63) is 94.5 Å². The van der Waals surface area contributed by atoms with Crippen molar-refractivity contribution in [2.24, 2.45) is 23.7 Å². The molecule has 2 aliphatic heterocycles. The van der Waals surface area contributed by atoms with Crippen molar-refractivity contribution in [1.82, 2.24) is 12.6 Å². The highest BCUT2D eigenvalue weighted by atomic mass is 127. The minimum atomic E-state index is 0.378. The predicted octanol–water partition coefficient (Wildman–Crippen LogP) is 12.2. The molecule has 256 valence electrons. The van der Waals surface area contributed by atoms with Crippen LogP contribution in [-0.2, 0) is 6.42 Å². The second-order valence-corrected chi connectivity index (χ2v) is 17.8. The van der Waals surface area contributed by atoms with Crippen LogP contribution >= 0.6 is 22.9 Å². The molecule has 0 N–H and O–H groups in total. The zero-order valence-corrected chi connectivity index (χ0v) is 31.5. The van der Waals surface area contributed by atoms with Crippen molar-refractivity contribution in [3.8, 4) is 0 Å². The van der Waals surface area contributed by atoms with Crippen molar-refractivity contribution in [2.75, 3.05) is 0 Å². The van der Waals surface area contributed by atoms with Crippen LogP contribution in [0.5, 0.6) is 0 Å². The first-order valence-corrected chi connectivity index (χ1v) is 21.2. The van der Waals surface area contributed by atoms with Gasteiger partial charge in [0, 0.05) is 34.6 Å². The summed E-state index contributed by atoms with van der Waals surface area (Å²) in [4.78, 5) is 2.92. The first-order valence-electron chi connectivity index (χ1n) is 20.3. The van der Waals surface area contributed by atoms with Gasteiger partial charge in [-0.3, -0.25) is 3.11 Å². The number of aromatic nitrogens is 1. The van der Waals surface area contributed by atoms with Gasteiger partial charge in [0.05, 0.1) is 28.4 Å². The second-order valence-electron chi connectivity index (χ2n) is 16.7. The lowest BCUT2D eigenvalue weighted by molar-refractivity contribution is 0.181. The van der Waals surface area contributed by atoms with Crippen molar-refractivity contribution in [1.29, 1.82) is 0 Å². The lowest BCUT2D eigenvalue weighted by Gasteiger charge is -2.45. The quantitative estimate of drug-likeness (QED) is 0.227. The zero-order chi connectivity index (χ0) is 32.5. The average Bonchev–Trinajstić information content (AvgIpc) is 3.68. The summed E-state index contributed by atoms with van der Waals surface area (Å²) < 4.78 is 5.48. The van der Waals surface area contributed by atoms with Crippen LogP contribution in [0.1, 0.15) is 132 Å². The number of rotatable bonds is 4. The summed E-state index contributed by atoms with van der Waals surface area (Å²) in [6, 6.07) is 9.13. The number of allylic oxidation sites excluding steroid dienone is 9. The molecule has 1 aromatic carbocycles. The molecule has 8 aliphatic rings. The van der Waals surface area contributed by atoms with Gasteiger partial charge in [-0.05, 0) is 154 Å². The highest BCUT2D eigenvalue weighted by Crippen LogP contribution is 2.54. The van der Waals surface area contributed by atoms with E-state index in [4.69, 9.17) is 0 Å². The summed E-state index contributed by atoms with van der Waals surface area (Å²) >= 11 is 2.71. The van der Waals surface area contributed by atoms with Gasteiger partial charge in [0.25, 0.3) is 0 Å². The van der Waals surface area contributed by atoms with E-state index in [1.807, 2.05) is 0 Å². The van der Waals surface area contributed by atoms with E-state index in [0.29, 0.717) is 18.1 Å². The Labute approximate surface area is 308 Å². The van der Waals surface area contributed by atoms with Crippen LogP contribution in [0.25, 0.3) is 22.6 Å². The first-order chi connectivity index (χ1) is 24.2. The monoisotopic (exact) mass is 763 g/mol. The number of hydrogen-bond acceptors (Lipinski definition) is 2. The van der Waals surface area contributed by atoms with E-state index >= 15 is 0 Å². The lowest BCUT2D eigenvalue weighted by atomic mass is 9.71. The van der Waals surface area contributed by atoms with Crippen LogP contribution in [-0.4, -0.2) is 24.7 Å². The highest BCUT2D eigenvalue weighted by molar-refractivity contribution is 14.1. The summed E-state index contributed by atoms with van der Waals surface area (Å²) in [7, 11) is 0. The molecule has 0 spiro atoms. The van der Waals surface area contributed by atoms with Crippen molar-refractivity contribution in [2.45, 2.75) is 134 Å². The fraction of sp³-hybridized carbons (Fsp3) is 0.556. The average molecular weight is 764 g/mol. The normalized spacial score (nSPS) is 32.9. The molecule has 0 radical (unpaired) electrons. The number of halogens is 1. The number of hydrogen-bond donors (Lipinski definition) is 0. The largest absolute Gasteiger partial charge is 0.365 e. The molecule has 0 amide bonds. The topological polar surface area (TPSA) is 11.4 Å². The molecule has 6 aliphatic carbocycles. The minimum absolute atomic E-state index is 0.378. The lowest BCUT2D eigenvalue weighted by Crippen LogP contribution is -2.38. The maximum atomic E-state index is 2.92. The molecule has 1 saturated heterocycles. The molecular weight excluding hydrogens is 709 g/mol. The Morgan fingerprint density at radius 1 is 0.735 bits per heavy atom. The molecule has 10 rings (SSSR count). The molecule has 4 heteroatoms. The SMILES string of the molecule is IN1C2=C(C=CCC2)C(C2CCCCC2)C[C@@H]1n1c2c(c3cc(C4=CCC5C(C4)C4CCCCC4N5C4=CCCC=C4)ccc31)CCC=C2. The zero-order valence-electron chi connectivity index (χ0n) is 29.3. The molecule has 3 heterocycles. The molecule has 3 fully saturated rings. The van der Waals surface area contributed by atoms with E-state index in [2.05, 4.69) is 102 Å². The Kier molecular flexibility index (Phi) is 8.26. The van der Waals surface area contributed by atoms with Gasteiger partial charge in [0.2, 0.25) is 0 Å². The summed E-state index contributed by atoms with van der Waals surface area (Å²) in [6.45, 7) is 0. The van der Waals surface area contributed by atoms with Crippen LogP contribution in [0, 0.1) is 23.7 Å². The van der Waals surface area contributed by atoms with Gasteiger partial charge in [-0.15, -0.1) is 0 Å². The number of aryl methyl sites for hydroxylation is 1. The fourth-order valence-corrected chi connectivity index (χ4v) is 13.1. The summed E-state index contributed by atoms with van der Waals surface area (Å²) in [5, 5.41) is 1.53. The molecule has 2 saturated carbocycles. The Balaban J connectivity index is 1.01. The molecule has 5 unspecified atom stereocenters. The third kappa shape index (κ3) is 5.22. The van der Waals surface area contributed by atoms with Gasteiger partial charge >= 0.3 is 0 Å². The van der Waals surface area contributed by atoms with E-state index in [1.54, 1.807) is 28.1 Å². The van der Waals surface area contributed by atoms with Crippen LogP contribution in [0.2, 0.25) is 0 Å². The minimum Gasteiger partial charge on any atom is -0.365 e. The third-order valence-corrected chi connectivity index (χ3v) is 15.5. The van der Waals surface area contributed by atoms with E-state index < -0.39 is 0 Å². The van der Waals surface area contributed by atoms with E-state index in [0.717, 1.165) is 30.2 Å². The fourth-order valence-electron chi connectivity index (χ4n) is 12.2. The summed E-state index contributed by atoms with van der Waals surface area (Å²) in [5.41, 5.74) is 12.5. The second kappa shape index (κ2) is 12.9. The Morgan fingerprint density at radius 3 is 2.47 bits per heavy atom. The number of fused-ring (bicyclic) bond motifs is 6. The van der Waals surface area contributed by atoms with Crippen LogP contribution in [0.4, 0.5) is 0 Å². The molecule has 49 heavy (non-hydrogen) atoms. The van der Waals surface area contributed by atoms with Crippen LogP contribution in [0.15, 0.2) is 77.7 Å². The Hall–Kier alpha value is -2.47. The van der Waals surface area contributed by atoms with Gasteiger partial charge < -0.3 is 9.47 Å². The number of likely N-dealkylation sites (tertiary alicyclic amines) is 1. The van der Waals surface area contributed by atoms with Gasteiger partial charge in [-0.1, -0.05) is 74.6 Å². The molecule has 0 bridgehead atoms. The maximum Gasteiger partial charge on any atom is 0.116 e. The van der Waals surface area contributed by atoms with Crippen molar-refractivity contribution in [3.63, 3.8) is 0 Å². The molecule has 1 aromatic heterocycles. The van der Waals surface area contributed by atoms with E-state index in [1.165, 1.54) is 131 Å². The van der Waals surface area contributed by atoms with Gasteiger partial charge in [-0.2, -0.15) is 0 Å². The smallest absolute Gasteiger partial charge is 0.116 e. The van der Waals surface area contributed by atoms with Gasteiger partial charge in [0.1, 0.15) is 6.17 Å². The van der Waals surface area contributed by atoms with E-state index in [-0.39, 0.29) is 0 Å². The predicted molar refractivity (Wildman–Crippen MR) is 213 cm³/mol. The Morgan fingerprint density at radius 2 is 1.57 bits per heavy atom.